The third-order valence-corrected chi connectivity index (χ3v) is 4.32. The lowest BCUT2D eigenvalue weighted by atomic mass is 10.2. The Morgan fingerprint density at radius 1 is 1.00 bits per heavy atom. The summed E-state index contributed by atoms with van der Waals surface area (Å²) in [6.07, 6.45) is 0. The Balaban J connectivity index is 1.93. The minimum absolute atomic E-state index is 0.0279. The normalized spacial score (nSPS) is 10.5. The van der Waals surface area contributed by atoms with E-state index in [1.54, 1.807) is 25.2 Å². The van der Waals surface area contributed by atoms with Gasteiger partial charge >= 0.3 is 0 Å². The summed E-state index contributed by atoms with van der Waals surface area (Å²) in [7, 11) is 1.58. The van der Waals surface area contributed by atoms with E-state index in [9.17, 15) is 19.7 Å². The van der Waals surface area contributed by atoms with Crippen LogP contribution in [0.3, 0.4) is 0 Å². The molecule has 11 heteroatoms. The summed E-state index contributed by atoms with van der Waals surface area (Å²) in [5, 5.41) is 16.5. The molecule has 2 N–H and O–H groups in total. The molecule has 0 aliphatic carbocycles. The quantitative estimate of drug-likeness (QED) is 0.385. The number of carbonyl (C=O) groups excluding carboxylic acids is 2. The number of likely N-dealkylation sites (N-methyl/N-ethyl adjacent to an activating group) is 1. The maximum atomic E-state index is 12.4. The number of hydrogen-bond acceptors (Lipinski definition) is 7. The maximum absolute atomic E-state index is 12.4. The van der Waals surface area contributed by atoms with E-state index in [1.165, 1.54) is 17.0 Å². The first-order chi connectivity index (χ1) is 15.2. The van der Waals surface area contributed by atoms with Gasteiger partial charge in [-0.15, -0.1) is 0 Å². The molecule has 0 unspecified atom stereocenters. The maximum Gasteiger partial charge on any atom is 0.294 e. The molecule has 0 atom stereocenters. The number of nitrogens with one attached hydrogen (secondary N) is 2. The second-order valence-corrected chi connectivity index (χ2v) is 7.15. The topological polar surface area (TPSA) is 123 Å². The third kappa shape index (κ3) is 7.40. The number of benzene rings is 2. The monoisotopic (exact) mass is 464 g/mol. The third-order valence-electron chi connectivity index (χ3n) is 4.08. The molecule has 0 bridgehead atoms. The highest BCUT2D eigenvalue weighted by Crippen LogP contribution is 2.30. The van der Waals surface area contributed by atoms with Crippen molar-refractivity contribution in [3.8, 4) is 11.5 Å². The van der Waals surface area contributed by atoms with Crippen LogP contribution in [0, 0.1) is 10.1 Å². The minimum Gasteiger partial charge on any atom is -0.490 e. The van der Waals surface area contributed by atoms with Gasteiger partial charge in [-0.2, -0.15) is 0 Å². The van der Waals surface area contributed by atoms with Crippen molar-refractivity contribution in [3.63, 3.8) is 0 Å². The molecule has 10 nitrogen and oxygen atoms in total. The van der Waals surface area contributed by atoms with Crippen molar-refractivity contribution in [2.45, 2.75) is 13.8 Å². The van der Waals surface area contributed by atoms with Crippen molar-refractivity contribution in [1.82, 2.24) is 4.90 Å². The zero-order chi connectivity index (χ0) is 23.7. The molecule has 2 amide bonds. The second kappa shape index (κ2) is 11.9. The SMILES string of the molecule is CCOc1ccc(NC(=O)CN(C)CC(=O)Nc2ccc(Cl)cc2[N+](=O)[O-])cc1OCC. The van der Waals surface area contributed by atoms with Gasteiger partial charge in [0.15, 0.2) is 11.5 Å². The lowest BCUT2D eigenvalue weighted by Gasteiger charge is -2.17. The van der Waals surface area contributed by atoms with E-state index >= 15 is 0 Å². The lowest BCUT2D eigenvalue weighted by Crippen LogP contribution is -2.36. The summed E-state index contributed by atoms with van der Waals surface area (Å²) in [5.74, 6) is 0.247. The summed E-state index contributed by atoms with van der Waals surface area (Å²) < 4.78 is 11.0. The van der Waals surface area contributed by atoms with Crippen LogP contribution in [0.5, 0.6) is 11.5 Å². The van der Waals surface area contributed by atoms with Gasteiger partial charge in [-0.1, -0.05) is 11.6 Å². The molecule has 32 heavy (non-hydrogen) atoms. The van der Waals surface area contributed by atoms with Crippen LogP contribution in [0.4, 0.5) is 17.1 Å². The van der Waals surface area contributed by atoms with Gasteiger partial charge in [0, 0.05) is 22.8 Å². The Kier molecular flexibility index (Phi) is 9.23. The molecule has 0 saturated carbocycles. The number of anilines is 2. The fraction of sp³-hybridized carbons (Fsp3) is 0.333. The predicted molar refractivity (Wildman–Crippen MR) is 122 cm³/mol. The number of rotatable bonds is 11. The van der Waals surface area contributed by atoms with Gasteiger partial charge in [0.25, 0.3) is 5.69 Å². The van der Waals surface area contributed by atoms with Crippen LogP contribution in [0.1, 0.15) is 13.8 Å². The van der Waals surface area contributed by atoms with Crippen LogP contribution < -0.4 is 20.1 Å². The average molecular weight is 465 g/mol. The predicted octanol–water partition coefficient (Wildman–Crippen LogP) is 3.55. The van der Waals surface area contributed by atoms with E-state index in [0.29, 0.717) is 30.4 Å². The Morgan fingerprint density at radius 2 is 1.62 bits per heavy atom. The van der Waals surface area contributed by atoms with Crippen LogP contribution in [0.25, 0.3) is 0 Å². The molecule has 0 radical (unpaired) electrons. The Labute approximate surface area is 190 Å². The van der Waals surface area contributed by atoms with Crippen LogP contribution in [0.2, 0.25) is 5.02 Å². The smallest absolute Gasteiger partial charge is 0.294 e. The van der Waals surface area contributed by atoms with Crippen LogP contribution in [-0.2, 0) is 9.59 Å². The number of hydrogen-bond donors (Lipinski definition) is 2. The van der Waals surface area contributed by atoms with Crippen LogP contribution in [0.15, 0.2) is 36.4 Å². The zero-order valence-corrected chi connectivity index (χ0v) is 18.8. The van der Waals surface area contributed by atoms with E-state index in [0.717, 1.165) is 6.07 Å². The standard InChI is InChI=1S/C21H25ClN4O6/c1-4-31-18-9-7-15(11-19(18)32-5-2)23-20(27)12-25(3)13-21(28)24-16-8-6-14(22)10-17(16)26(29)30/h6-11H,4-5,12-13H2,1-3H3,(H,23,27)(H,24,28). The molecule has 2 aromatic carbocycles. The van der Waals surface area contributed by atoms with Crippen LogP contribution in [-0.4, -0.2) is 55.0 Å². The van der Waals surface area contributed by atoms with Crippen LogP contribution >= 0.6 is 11.6 Å². The molecule has 2 rings (SSSR count). The molecule has 0 aliphatic heterocycles. The average Bonchev–Trinajstić information content (AvgIpc) is 2.71. The van der Waals surface area contributed by atoms with E-state index in [4.69, 9.17) is 21.1 Å². The summed E-state index contributed by atoms with van der Waals surface area (Å²) in [6, 6.07) is 9.01. The number of nitro benzene ring substituents is 1. The summed E-state index contributed by atoms with van der Waals surface area (Å²) in [6.45, 7) is 4.41. The fourth-order valence-electron chi connectivity index (χ4n) is 2.83. The fourth-order valence-corrected chi connectivity index (χ4v) is 2.99. The van der Waals surface area contributed by atoms with Crippen molar-refractivity contribution in [1.29, 1.82) is 0 Å². The number of nitro groups is 1. The highest BCUT2D eigenvalue weighted by atomic mass is 35.5. The molecule has 0 heterocycles. The van der Waals surface area contributed by atoms with Crippen molar-refractivity contribution in [2.75, 3.05) is 44.0 Å². The second-order valence-electron chi connectivity index (χ2n) is 6.71. The lowest BCUT2D eigenvalue weighted by molar-refractivity contribution is -0.383. The van der Waals surface area contributed by atoms with E-state index in [2.05, 4.69) is 10.6 Å². The Hall–Kier alpha value is -3.37. The van der Waals surface area contributed by atoms with Gasteiger partial charge in [0.2, 0.25) is 11.8 Å². The molecular weight excluding hydrogens is 440 g/mol. The van der Waals surface area contributed by atoms with E-state index in [-0.39, 0.29) is 35.4 Å². The molecule has 0 aromatic heterocycles. The van der Waals surface area contributed by atoms with Gasteiger partial charge < -0.3 is 20.1 Å². The molecule has 0 saturated heterocycles. The van der Waals surface area contributed by atoms with Crippen molar-refractivity contribution >= 4 is 40.5 Å². The first-order valence-corrected chi connectivity index (χ1v) is 10.2. The number of ether oxygens (including phenoxy) is 2. The number of halogens is 1. The highest BCUT2D eigenvalue weighted by molar-refractivity contribution is 6.31. The number of carbonyl (C=O) groups is 2. The van der Waals surface area contributed by atoms with Gasteiger partial charge in [-0.05, 0) is 45.2 Å². The van der Waals surface area contributed by atoms with Crippen molar-refractivity contribution < 1.29 is 24.0 Å². The van der Waals surface area contributed by atoms with Crippen molar-refractivity contribution in [2.24, 2.45) is 0 Å². The van der Waals surface area contributed by atoms with E-state index < -0.39 is 10.8 Å². The molecule has 172 valence electrons. The van der Waals surface area contributed by atoms with E-state index in [1.807, 2.05) is 13.8 Å². The Bertz CT molecular complexity index is 985. The molecule has 0 fully saturated rings. The van der Waals surface area contributed by atoms with Gasteiger partial charge in [0.1, 0.15) is 5.69 Å². The summed E-state index contributed by atoms with van der Waals surface area (Å²) in [5.41, 5.74) is 0.239. The van der Waals surface area contributed by atoms with Gasteiger partial charge in [-0.25, -0.2) is 0 Å². The van der Waals surface area contributed by atoms with Gasteiger partial charge in [0.05, 0.1) is 31.2 Å². The molecule has 0 spiro atoms. The molecular formula is C21H25ClN4O6. The molecule has 2 aromatic rings. The summed E-state index contributed by atoms with van der Waals surface area (Å²) in [4.78, 5) is 36.6. The number of nitrogens with zero attached hydrogens (tertiary/aromatic N) is 2. The Morgan fingerprint density at radius 3 is 2.25 bits per heavy atom. The minimum atomic E-state index is -0.633. The summed E-state index contributed by atoms with van der Waals surface area (Å²) >= 11 is 5.77. The molecule has 0 aliphatic rings. The van der Waals surface area contributed by atoms with Crippen molar-refractivity contribution in [3.05, 3.63) is 51.5 Å². The van der Waals surface area contributed by atoms with Gasteiger partial charge in [-0.3, -0.25) is 24.6 Å². The highest BCUT2D eigenvalue weighted by Gasteiger charge is 2.18. The largest absolute Gasteiger partial charge is 0.490 e. The number of amides is 2. The first kappa shape index (κ1) is 24.9. The zero-order valence-electron chi connectivity index (χ0n) is 18.0. The first-order valence-electron chi connectivity index (χ1n) is 9.85.